The molecule has 0 spiro atoms. The second-order valence-corrected chi connectivity index (χ2v) is 7.69. The van der Waals surface area contributed by atoms with Gasteiger partial charge in [0, 0.05) is 11.6 Å². The predicted molar refractivity (Wildman–Crippen MR) is 124 cm³/mol. The maximum Gasteiger partial charge on any atom is 0.228 e. The quantitative estimate of drug-likeness (QED) is 0.362. The number of benzene rings is 5. The minimum absolute atomic E-state index is 0.0389. The summed E-state index contributed by atoms with van der Waals surface area (Å²) < 4.78 is 0. The summed E-state index contributed by atoms with van der Waals surface area (Å²) in [7, 11) is 0. The summed E-state index contributed by atoms with van der Waals surface area (Å²) in [5, 5.41) is 11.3. The van der Waals surface area contributed by atoms with Crippen LogP contribution in [0.3, 0.4) is 0 Å². The Kier molecular flexibility index (Phi) is 3.68. The lowest BCUT2D eigenvalue weighted by atomic mass is 9.90. The van der Waals surface area contributed by atoms with E-state index >= 15 is 0 Å². The van der Waals surface area contributed by atoms with E-state index in [1.54, 1.807) is 6.20 Å². The Hall–Kier alpha value is -3.98. The fourth-order valence-electron chi connectivity index (χ4n) is 4.56. The van der Waals surface area contributed by atoms with Crippen LogP contribution in [0.15, 0.2) is 91.1 Å². The van der Waals surface area contributed by atoms with E-state index in [4.69, 9.17) is 0 Å². The fraction of sp³-hybridized carbons (Fsp3) is 0.0370. The zero-order valence-electron chi connectivity index (χ0n) is 16.2. The minimum atomic E-state index is -0.0389. The summed E-state index contributed by atoms with van der Waals surface area (Å²) in [5.74, 6) is -0.0389. The lowest BCUT2D eigenvalue weighted by Crippen LogP contribution is -2.15. The molecule has 0 aliphatic rings. The Labute approximate surface area is 173 Å². The van der Waals surface area contributed by atoms with Gasteiger partial charge < -0.3 is 5.32 Å². The molecule has 6 aromatic rings. The number of rotatable bonds is 3. The monoisotopic (exact) mass is 386 g/mol. The number of fused-ring (bicyclic) bond motifs is 1. The van der Waals surface area contributed by atoms with Gasteiger partial charge in [0.2, 0.25) is 5.91 Å². The van der Waals surface area contributed by atoms with Crippen LogP contribution in [0.5, 0.6) is 0 Å². The first-order valence-corrected chi connectivity index (χ1v) is 10.1. The van der Waals surface area contributed by atoms with E-state index in [0.29, 0.717) is 6.42 Å². The first-order valence-electron chi connectivity index (χ1n) is 10.1. The van der Waals surface area contributed by atoms with Crippen molar-refractivity contribution >= 4 is 54.8 Å². The van der Waals surface area contributed by atoms with E-state index in [-0.39, 0.29) is 5.91 Å². The molecule has 0 bridgehead atoms. The van der Waals surface area contributed by atoms with Gasteiger partial charge in [-0.3, -0.25) is 9.78 Å². The number of carbonyl (C=O) groups excluding carboxylic acids is 1. The summed E-state index contributed by atoms with van der Waals surface area (Å²) in [6, 6.07) is 28.9. The first-order chi connectivity index (χ1) is 14.8. The zero-order chi connectivity index (χ0) is 20.1. The molecule has 0 aliphatic heterocycles. The van der Waals surface area contributed by atoms with Crippen molar-refractivity contribution in [2.45, 2.75) is 6.42 Å². The van der Waals surface area contributed by atoms with Gasteiger partial charge in [0.05, 0.1) is 17.6 Å². The molecule has 30 heavy (non-hydrogen) atoms. The second kappa shape index (κ2) is 6.53. The molecule has 1 amide bonds. The molecule has 142 valence electrons. The summed E-state index contributed by atoms with van der Waals surface area (Å²) in [5.41, 5.74) is 2.59. The van der Waals surface area contributed by atoms with Crippen LogP contribution in [0.1, 0.15) is 5.56 Å². The zero-order valence-corrected chi connectivity index (χ0v) is 16.2. The summed E-state index contributed by atoms with van der Waals surface area (Å²) in [6.07, 6.45) is 2.06. The van der Waals surface area contributed by atoms with Crippen molar-refractivity contribution in [1.82, 2.24) is 4.98 Å². The van der Waals surface area contributed by atoms with Crippen LogP contribution in [-0.2, 0) is 11.2 Å². The van der Waals surface area contributed by atoms with Crippen LogP contribution in [0.4, 0.5) is 5.69 Å². The first kappa shape index (κ1) is 16.9. The van der Waals surface area contributed by atoms with Gasteiger partial charge in [-0.25, -0.2) is 0 Å². The van der Waals surface area contributed by atoms with Gasteiger partial charge in [0.1, 0.15) is 0 Å². The second-order valence-electron chi connectivity index (χ2n) is 7.69. The average Bonchev–Trinajstić information content (AvgIpc) is 2.78. The molecular formula is C27H18N2O. The summed E-state index contributed by atoms with van der Waals surface area (Å²) >= 11 is 0. The highest BCUT2D eigenvalue weighted by molar-refractivity contribution is 6.24. The molecule has 0 saturated carbocycles. The van der Waals surface area contributed by atoms with E-state index in [1.165, 1.54) is 26.9 Å². The molecule has 1 aromatic heterocycles. The number of nitrogens with zero attached hydrogens (tertiary/aromatic N) is 1. The normalized spacial score (nSPS) is 11.6. The number of pyridine rings is 1. The van der Waals surface area contributed by atoms with E-state index < -0.39 is 0 Å². The molecule has 0 atom stereocenters. The van der Waals surface area contributed by atoms with Crippen molar-refractivity contribution in [1.29, 1.82) is 0 Å². The molecule has 0 aliphatic carbocycles. The van der Waals surface area contributed by atoms with Crippen LogP contribution < -0.4 is 5.32 Å². The fourth-order valence-corrected chi connectivity index (χ4v) is 4.56. The van der Waals surface area contributed by atoms with E-state index in [9.17, 15) is 4.79 Å². The Bertz CT molecular complexity index is 1560. The van der Waals surface area contributed by atoms with Crippen LogP contribution in [0.25, 0.3) is 43.2 Å². The molecule has 0 unspecified atom stereocenters. The van der Waals surface area contributed by atoms with Gasteiger partial charge in [0.15, 0.2) is 0 Å². The summed E-state index contributed by atoms with van der Waals surface area (Å²) in [6.45, 7) is 0. The number of amides is 1. The molecule has 0 saturated heterocycles. The molecule has 0 radical (unpaired) electrons. The van der Waals surface area contributed by atoms with Crippen molar-refractivity contribution in [3.63, 3.8) is 0 Å². The van der Waals surface area contributed by atoms with E-state index in [2.05, 4.69) is 64.9 Å². The van der Waals surface area contributed by atoms with Gasteiger partial charge >= 0.3 is 0 Å². The number of hydrogen-bond acceptors (Lipinski definition) is 2. The molecule has 3 heteroatoms. The molecule has 6 rings (SSSR count). The molecule has 3 nitrogen and oxygen atoms in total. The Morgan fingerprint density at radius 2 is 1.43 bits per heavy atom. The highest BCUT2D eigenvalue weighted by atomic mass is 16.1. The van der Waals surface area contributed by atoms with Crippen LogP contribution >= 0.6 is 0 Å². The molecule has 1 N–H and O–H groups in total. The maximum absolute atomic E-state index is 13.0. The van der Waals surface area contributed by atoms with Gasteiger partial charge in [-0.15, -0.1) is 0 Å². The van der Waals surface area contributed by atoms with Crippen molar-refractivity contribution < 1.29 is 4.79 Å². The molecular weight excluding hydrogens is 368 g/mol. The van der Waals surface area contributed by atoms with Crippen molar-refractivity contribution in [3.05, 3.63) is 96.7 Å². The number of nitrogens with one attached hydrogen (secondary N) is 1. The van der Waals surface area contributed by atoms with E-state index in [0.717, 1.165) is 27.5 Å². The maximum atomic E-state index is 13.0. The SMILES string of the molecule is O=C(Cc1cc2cccc3ccc4cccc1c4c32)Nc1cccc2cccnc12. The van der Waals surface area contributed by atoms with Gasteiger partial charge in [-0.1, -0.05) is 66.7 Å². The molecule has 5 aromatic carbocycles. The van der Waals surface area contributed by atoms with Crippen molar-refractivity contribution in [2.75, 3.05) is 5.32 Å². The average molecular weight is 386 g/mol. The number of carbonyl (C=O) groups is 1. The number of hydrogen-bond donors (Lipinski definition) is 1. The third kappa shape index (κ3) is 2.60. The smallest absolute Gasteiger partial charge is 0.228 e. The van der Waals surface area contributed by atoms with Gasteiger partial charge in [0.25, 0.3) is 0 Å². The number of aromatic nitrogens is 1. The highest BCUT2D eigenvalue weighted by Gasteiger charge is 2.14. The number of anilines is 1. The topological polar surface area (TPSA) is 42.0 Å². The van der Waals surface area contributed by atoms with Crippen molar-refractivity contribution in [2.24, 2.45) is 0 Å². The highest BCUT2D eigenvalue weighted by Crippen LogP contribution is 2.36. The number of para-hydroxylation sites is 1. The predicted octanol–water partition coefficient (Wildman–Crippen LogP) is 6.31. The third-order valence-corrected chi connectivity index (χ3v) is 5.85. The van der Waals surface area contributed by atoms with Crippen LogP contribution in [0.2, 0.25) is 0 Å². The molecule has 0 fully saturated rings. The van der Waals surface area contributed by atoms with Crippen LogP contribution in [0, 0.1) is 0 Å². The summed E-state index contributed by atoms with van der Waals surface area (Å²) in [4.78, 5) is 17.5. The third-order valence-electron chi connectivity index (χ3n) is 5.85. The largest absolute Gasteiger partial charge is 0.324 e. The van der Waals surface area contributed by atoms with Gasteiger partial charge in [-0.2, -0.15) is 0 Å². The molecule has 1 heterocycles. The van der Waals surface area contributed by atoms with Crippen molar-refractivity contribution in [3.8, 4) is 0 Å². The van der Waals surface area contributed by atoms with E-state index in [1.807, 2.05) is 30.3 Å². The Morgan fingerprint density at radius 1 is 0.733 bits per heavy atom. The Morgan fingerprint density at radius 3 is 2.33 bits per heavy atom. The minimum Gasteiger partial charge on any atom is -0.324 e. The van der Waals surface area contributed by atoms with Gasteiger partial charge in [-0.05, 0) is 56.1 Å². The lowest BCUT2D eigenvalue weighted by molar-refractivity contribution is -0.115. The van der Waals surface area contributed by atoms with Crippen LogP contribution in [-0.4, -0.2) is 10.9 Å². The Balaban J connectivity index is 1.44. The lowest BCUT2D eigenvalue weighted by Gasteiger charge is -2.15. The standard InChI is InChI=1S/C27H18N2O/c30-24(29-23-11-3-7-19-9-4-14-28-27(19)23)16-21-15-20-8-1-5-17-12-13-18-6-2-10-22(21)26(18)25(17)20/h1-15H,16H2,(H,29,30).